The van der Waals surface area contributed by atoms with Gasteiger partial charge >= 0.3 is 6.09 Å². The molecule has 1 amide bonds. The highest BCUT2D eigenvalue weighted by Crippen LogP contribution is 2.31. The number of thiophene rings is 1. The van der Waals surface area contributed by atoms with Crippen LogP contribution in [0.2, 0.25) is 4.34 Å². The number of carbonyl (C=O) groups is 2. The molecule has 5 heterocycles. The number of nitrogens with zero attached hydrogens (tertiary/aromatic N) is 7. The Morgan fingerprint density at radius 2 is 1.60 bits per heavy atom. The van der Waals surface area contributed by atoms with Crippen LogP contribution in [0.3, 0.4) is 0 Å². The fourth-order valence-corrected chi connectivity index (χ4v) is 7.80. The SMILES string of the molecule is COc1ccccc1C(=O)n1nc(C2CCN(C(C)(C)C)CC2)nc1NCc1ccccc1.O=C(O)N1CCC(c2nc(NCc3ccc(Cl)s3)n[nH]2)CC1. The van der Waals surface area contributed by atoms with Crippen LogP contribution in [-0.4, -0.2) is 95.7 Å². The molecule has 292 valence electrons. The van der Waals surface area contributed by atoms with Gasteiger partial charge < -0.3 is 25.4 Å². The number of hydrogen-bond acceptors (Lipinski definition) is 11. The van der Waals surface area contributed by atoms with Crippen molar-refractivity contribution in [2.75, 3.05) is 43.9 Å². The smallest absolute Gasteiger partial charge is 0.407 e. The quantitative estimate of drug-likeness (QED) is 0.110. The summed E-state index contributed by atoms with van der Waals surface area (Å²) < 4.78 is 7.57. The van der Waals surface area contributed by atoms with E-state index in [4.69, 9.17) is 31.5 Å². The molecule has 4 N–H and O–H groups in total. The molecule has 14 nitrogen and oxygen atoms in total. The number of halogens is 1. The number of ether oxygens (including phenoxy) is 1. The molecule has 3 aromatic heterocycles. The molecule has 0 atom stereocenters. The molecular formula is C39H49ClN10O4S. The van der Waals surface area contributed by atoms with Crippen LogP contribution in [0, 0.1) is 0 Å². The van der Waals surface area contributed by atoms with Crippen molar-refractivity contribution >= 4 is 46.8 Å². The number of para-hydroxylation sites is 1. The van der Waals surface area contributed by atoms with Crippen LogP contribution in [-0.2, 0) is 13.1 Å². The Morgan fingerprint density at radius 3 is 2.25 bits per heavy atom. The summed E-state index contributed by atoms with van der Waals surface area (Å²) in [5.74, 6) is 3.28. The zero-order valence-electron chi connectivity index (χ0n) is 31.7. The van der Waals surface area contributed by atoms with E-state index in [1.54, 1.807) is 19.2 Å². The van der Waals surface area contributed by atoms with Gasteiger partial charge in [0.05, 0.1) is 23.6 Å². The summed E-state index contributed by atoms with van der Waals surface area (Å²) in [6.45, 7) is 11.0. The van der Waals surface area contributed by atoms with Gasteiger partial charge in [0.25, 0.3) is 5.91 Å². The van der Waals surface area contributed by atoms with E-state index in [-0.39, 0.29) is 23.3 Å². The molecule has 0 radical (unpaired) electrons. The Balaban J connectivity index is 0.000000203. The highest BCUT2D eigenvalue weighted by atomic mass is 35.5. The molecule has 16 heteroatoms. The molecule has 2 aromatic carbocycles. The van der Waals surface area contributed by atoms with Crippen LogP contribution >= 0.6 is 22.9 Å². The molecule has 0 unspecified atom stereocenters. The highest BCUT2D eigenvalue weighted by molar-refractivity contribution is 7.16. The Labute approximate surface area is 330 Å². The maximum Gasteiger partial charge on any atom is 0.407 e. The number of anilines is 2. The summed E-state index contributed by atoms with van der Waals surface area (Å²) in [6.07, 6.45) is 2.63. The van der Waals surface area contributed by atoms with Gasteiger partial charge in [0.1, 0.15) is 11.6 Å². The molecular weight excluding hydrogens is 740 g/mol. The number of benzene rings is 2. The van der Waals surface area contributed by atoms with Crippen molar-refractivity contribution in [1.82, 2.24) is 39.7 Å². The van der Waals surface area contributed by atoms with E-state index in [9.17, 15) is 9.59 Å². The van der Waals surface area contributed by atoms with E-state index in [1.807, 2.05) is 54.6 Å². The first-order valence-corrected chi connectivity index (χ1v) is 19.7. The number of nitrogens with one attached hydrogen (secondary N) is 3. The number of rotatable bonds is 10. The third-order valence-electron chi connectivity index (χ3n) is 9.96. The van der Waals surface area contributed by atoms with Crippen molar-refractivity contribution in [2.24, 2.45) is 0 Å². The van der Waals surface area contributed by atoms with E-state index in [0.29, 0.717) is 49.4 Å². The fourth-order valence-electron chi connectivity index (χ4n) is 6.77. The number of H-pyrrole nitrogens is 1. The van der Waals surface area contributed by atoms with E-state index in [1.165, 1.54) is 20.9 Å². The molecule has 7 rings (SSSR count). The highest BCUT2D eigenvalue weighted by Gasteiger charge is 2.31. The van der Waals surface area contributed by atoms with Crippen LogP contribution in [0.5, 0.6) is 5.75 Å². The largest absolute Gasteiger partial charge is 0.496 e. The zero-order valence-corrected chi connectivity index (χ0v) is 33.2. The van der Waals surface area contributed by atoms with E-state index in [2.05, 4.69) is 51.5 Å². The minimum Gasteiger partial charge on any atom is -0.496 e. The number of carboxylic acid groups (broad SMARTS) is 1. The van der Waals surface area contributed by atoms with Crippen molar-refractivity contribution in [3.8, 4) is 5.75 Å². The predicted molar refractivity (Wildman–Crippen MR) is 214 cm³/mol. The molecule has 2 aliphatic rings. The molecule has 0 aliphatic carbocycles. The third kappa shape index (κ3) is 10.4. The van der Waals surface area contributed by atoms with Gasteiger partial charge in [-0.1, -0.05) is 54.1 Å². The van der Waals surface area contributed by atoms with Crippen molar-refractivity contribution < 1.29 is 19.4 Å². The van der Waals surface area contributed by atoms with Gasteiger partial charge in [-0.2, -0.15) is 14.6 Å². The van der Waals surface area contributed by atoms with Gasteiger partial charge in [-0.3, -0.25) is 14.8 Å². The molecule has 0 saturated carbocycles. The normalized spacial score (nSPS) is 15.6. The zero-order chi connectivity index (χ0) is 39.0. The maximum absolute atomic E-state index is 13.5. The van der Waals surface area contributed by atoms with Crippen LogP contribution in [0.4, 0.5) is 16.7 Å². The van der Waals surface area contributed by atoms with Crippen LogP contribution < -0.4 is 15.4 Å². The second-order valence-electron chi connectivity index (χ2n) is 14.6. The topological polar surface area (TPSA) is 166 Å². The lowest BCUT2D eigenvalue weighted by Gasteiger charge is -2.40. The van der Waals surface area contributed by atoms with Gasteiger partial charge in [0.2, 0.25) is 11.9 Å². The molecule has 55 heavy (non-hydrogen) atoms. The van der Waals surface area contributed by atoms with Crippen molar-refractivity contribution in [3.63, 3.8) is 0 Å². The second-order valence-corrected chi connectivity index (χ2v) is 16.4. The lowest BCUT2D eigenvalue weighted by molar-refractivity contribution is 0.0939. The molecule has 2 aliphatic heterocycles. The van der Waals surface area contributed by atoms with E-state index >= 15 is 0 Å². The minimum atomic E-state index is -0.854. The summed E-state index contributed by atoms with van der Waals surface area (Å²) >= 11 is 7.41. The lowest BCUT2D eigenvalue weighted by atomic mass is 9.92. The number of hydrogen-bond donors (Lipinski definition) is 4. The Kier molecular flexibility index (Phi) is 13.1. The number of methoxy groups -OCH3 is 1. The summed E-state index contributed by atoms with van der Waals surface area (Å²) in [4.78, 5) is 38.7. The van der Waals surface area contributed by atoms with Crippen LogP contribution in [0.15, 0.2) is 66.7 Å². The van der Waals surface area contributed by atoms with Crippen LogP contribution in [0.25, 0.3) is 0 Å². The second kappa shape index (κ2) is 18.1. The third-order valence-corrected chi connectivity index (χ3v) is 11.2. The maximum atomic E-state index is 13.5. The molecule has 0 spiro atoms. The van der Waals surface area contributed by atoms with Crippen molar-refractivity contribution in [2.45, 2.75) is 76.9 Å². The Bertz CT molecular complexity index is 2010. The first-order valence-electron chi connectivity index (χ1n) is 18.5. The Morgan fingerprint density at radius 1 is 0.909 bits per heavy atom. The first-order chi connectivity index (χ1) is 26.5. The van der Waals surface area contributed by atoms with Gasteiger partial charge in [0, 0.05) is 41.9 Å². The van der Waals surface area contributed by atoms with Gasteiger partial charge in [-0.05, 0) is 89.4 Å². The first kappa shape index (κ1) is 39.7. The molecule has 5 aromatic rings. The average Bonchev–Trinajstić information content (AvgIpc) is 3.96. The number of amides is 1. The predicted octanol–water partition coefficient (Wildman–Crippen LogP) is 7.55. The minimum absolute atomic E-state index is 0.153. The van der Waals surface area contributed by atoms with E-state index in [0.717, 1.165) is 65.2 Å². The van der Waals surface area contributed by atoms with Gasteiger partial charge in [-0.25, -0.2) is 4.79 Å². The van der Waals surface area contributed by atoms with Gasteiger partial charge in [0.15, 0.2) is 5.82 Å². The van der Waals surface area contributed by atoms with Crippen molar-refractivity contribution in [3.05, 3.63) is 98.7 Å². The molecule has 2 saturated heterocycles. The number of likely N-dealkylation sites (tertiary alicyclic amines) is 2. The van der Waals surface area contributed by atoms with Crippen LogP contribution in [0.1, 0.15) is 90.7 Å². The fraction of sp³-hybridized carbons (Fsp3) is 0.436. The van der Waals surface area contributed by atoms with Gasteiger partial charge in [-0.15, -0.1) is 21.5 Å². The summed E-state index contributed by atoms with van der Waals surface area (Å²) in [6, 6.07) is 21.1. The average molecular weight is 789 g/mol. The summed E-state index contributed by atoms with van der Waals surface area (Å²) in [5.41, 5.74) is 1.72. The van der Waals surface area contributed by atoms with E-state index < -0.39 is 6.09 Å². The Hall–Kier alpha value is -4.99. The summed E-state index contributed by atoms with van der Waals surface area (Å²) in [7, 11) is 1.57. The monoisotopic (exact) mass is 788 g/mol. The number of carbonyl (C=O) groups excluding carboxylic acids is 1. The molecule has 2 fully saturated rings. The molecule has 0 bridgehead atoms. The van der Waals surface area contributed by atoms with Crippen molar-refractivity contribution in [1.29, 1.82) is 0 Å². The number of aromatic nitrogens is 6. The standard InChI is InChI=1S/C26H33N5O2.C13H16ClN5O2S/c1-26(2,3)30-16-14-20(15-17-30)23-28-25(27-18-19-10-6-5-7-11-19)31(29-23)24(32)21-12-8-9-13-22(21)33-4;14-10-2-1-9(22-10)7-15-12-16-11(17-18-12)8-3-5-19(6-4-8)13(20)21/h5-13,20H,14-18H2,1-4H3,(H,27,28,29);1-2,8H,3-7H2,(H,20,21)(H2,15,16,17,18). The number of piperidine rings is 2. The lowest BCUT2D eigenvalue weighted by Crippen LogP contribution is -2.45. The summed E-state index contributed by atoms with van der Waals surface area (Å²) in [5, 5.41) is 27.2. The number of aromatic amines is 1.